The second-order valence-electron chi connectivity index (χ2n) is 9.57. The number of hydrogen-bond donors (Lipinski definition) is 0. The van der Waals surface area contributed by atoms with Gasteiger partial charge in [0.25, 0.3) is 0 Å². The van der Waals surface area contributed by atoms with Crippen molar-refractivity contribution in [3.63, 3.8) is 0 Å². The zero-order valence-corrected chi connectivity index (χ0v) is 25.9. The first kappa shape index (κ1) is 42.3. The molecule has 0 amide bonds. The summed E-state index contributed by atoms with van der Waals surface area (Å²) in [7, 11) is 0. The Morgan fingerprint density at radius 1 is 0.622 bits per heavy atom. The molecule has 0 N–H and O–H groups in total. The van der Waals surface area contributed by atoms with Gasteiger partial charge >= 0.3 is 66.5 Å². The number of aryl methyl sites for hydroxylation is 1. The first-order valence-corrected chi connectivity index (χ1v) is 14.6. The van der Waals surface area contributed by atoms with Gasteiger partial charge in [0.2, 0.25) is 0 Å². The molecule has 2 aromatic heterocycles. The Morgan fingerprint density at radius 2 is 1.07 bits per heavy atom. The van der Waals surface area contributed by atoms with E-state index in [1.807, 2.05) is 6.92 Å². The Hall–Kier alpha value is -0.713. The fourth-order valence-electron chi connectivity index (χ4n) is 3.78. The molecule has 0 spiro atoms. The van der Waals surface area contributed by atoms with Gasteiger partial charge in [-0.15, -0.1) is 21.6 Å². The van der Waals surface area contributed by atoms with Crippen LogP contribution in [0, 0.1) is 5.38 Å². The minimum absolute atomic E-state index is 0. The van der Waals surface area contributed by atoms with E-state index in [2.05, 4.69) is 15.9 Å². The minimum atomic E-state index is -8.65. The van der Waals surface area contributed by atoms with E-state index in [4.69, 9.17) is 0 Å². The van der Waals surface area contributed by atoms with Crippen LogP contribution in [0.2, 0.25) is 0 Å². The van der Waals surface area contributed by atoms with Crippen molar-refractivity contribution in [2.24, 2.45) is 0 Å². The van der Waals surface area contributed by atoms with E-state index in [-0.39, 0.29) is 46.0 Å². The van der Waals surface area contributed by atoms with E-state index in [0.29, 0.717) is 22.2 Å². The van der Waals surface area contributed by atoms with Crippen molar-refractivity contribution in [1.29, 1.82) is 0 Å². The normalized spacial score (nSPS) is 14.6. The maximum atomic E-state index is 14.7. The summed E-state index contributed by atoms with van der Waals surface area (Å²) in [6.45, 7) is 1.99. The van der Waals surface area contributed by atoms with E-state index >= 15 is 0 Å². The van der Waals surface area contributed by atoms with Crippen LogP contribution in [0.5, 0.6) is 0 Å². The van der Waals surface area contributed by atoms with Gasteiger partial charge in [-0.1, -0.05) is 44.6 Å². The van der Waals surface area contributed by atoms with E-state index in [9.17, 15) is 74.6 Å². The molecule has 0 saturated carbocycles. The fraction of sp³-hybridized carbons (Fsp3) is 0.667. The summed E-state index contributed by atoms with van der Waals surface area (Å²) in [4.78, 5) is -0.237. The number of rotatable bonds is 15. The summed E-state index contributed by atoms with van der Waals surface area (Å²) in [5.74, 6) is -56.7. The third-order valence-corrected chi connectivity index (χ3v) is 9.12. The van der Waals surface area contributed by atoms with Crippen LogP contribution >= 0.6 is 38.6 Å². The summed E-state index contributed by atoms with van der Waals surface area (Å²) in [5.41, 5.74) is -1.85. The fourth-order valence-corrected chi connectivity index (χ4v) is 6.45. The molecule has 2 heterocycles. The molecular weight excluding hydrogens is 762 g/mol. The van der Waals surface area contributed by atoms with Crippen molar-refractivity contribution >= 4 is 38.6 Å². The van der Waals surface area contributed by atoms with Crippen LogP contribution in [0.4, 0.5) is 74.6 Å². The van der Waals surface area contributed by atoms with E-state index in [0.717, 1.165) is 43.4 Å². The van der Waals surface area contributed by atoms with Crippen molar-refractivity contribution < 1.29 is 93.5 Å². The van der Waals surface area contributed by atoms with Gasteiger partial charge in [-0.3, -0.25) is 11.3 Å². The molecular formula is C24H19BrF17LiS2. The van der Waals surface area contributed by atoms with Gasteiger partial charge in [-0.2, -0.15) is 80.7 Å². The Morgan fingerprint density at radius 3 is 1.56 bits per heavy atom. The van der Waals surface area contributed by atoms with Crippen molar-refractivity contribution in [1.82, 2.24) is 0 Å². The predicted molar refractivity (Wildman–Crippen MR) is 131 cm³/mol. The standard InChI is InChI=1S/C24H19BrF17S2.Li/c1-2-3-4-5-6-7-8-12-9-15(25)44-16(12)14-10-13(11-43-14)17(26,27)18(28,29)19(30,31)20(32,33)21(34,35)22(36,37)23(38,39)24(40,41)42;/h9-10H,2-8H2,1H3;/q-1;+1. The number of thiophene rings is 2. The van der Waals surface area contributed by atoms with Crippen LogP contribution in [0.25, 0.3) is 9.75 Å². The van der Waals surface area contributed by atoms with Crippen LogP contribution in [-0.4, -0.2) is 41.7 Å². The average Bonchev–Trinajstić information content (AvgIpc) is 3.51. The molecule has 0 saturated heterocycles. The molecule has 21 heteroatoms. The van der Waals surface area contributed by atoms with Crippen molar-refractivity contribution in [2.45, 2.75) is 99.5 Å². The van der Waals surface area contributed by atoms with Crippen molar-refractivity contribution in [2.75, 3.05) is 0 Å². The Bertz CT molecular complexity index is 1270. The monoisotopic (exact) mass is 780 g/mol. The van der Waals surface area contributed by atoms with Gasteiger partial charge in [-0.05, 0) is 45.3 Å². The Labute approximate surface area is 273 Å². The maximum Gasteiger partial charge on any atom is 1.00 e. The Balaban J connectivity index is 0.0000101. The van der Waals surface area contributed by atoms with Crippen LogP contribution in [0.15, 0.2) is 15.9 Å². The van der Waals surface area contributed by atoms with Crippen LogP contribution in [-0.2, 0) is 12.3 Å². The molecule has 45 heavy (non-hydrogen) atoms. The first-order chi connectivity index (χ1) is 19.7. The smallest absolute Gasteiger partial charge is 0.294 e. The average molecular weight is 781 g/mol. The Kier molecular flexibility index (Phi) is 13.2. The van der Waals surface area contributed by atoms with E-state index in [1.54, 1.807) is 0 Å². The molecule has 0 aliphatic carbocycles. The molecule has 0 aliphatic heterocycles. The van der Waals surface area contributed by atoms with Gasteiger partial charge < -0.3 is 0 Å². The third kappa shape index (κ3) is 7.19. The molecule has 2 aromatic rings. The second-order valence-corrected chi connectivity index (χ2v) is 12.8. The second kappa shape index (κ2) is 14.0. The minimum Gasteiger partial charge on any atom is -0.294 e. The van der Waals surface area contributed by atoms with Gasteiger partial charge in [0.1, 0.15) is 0 Å². The SMILES string of the molecule is CCCCCCCCc1cc(Br)sc1-c1cc(C(F)(F)C(F)(F)C(F)(F)C(F)(F)C(F)(F)C(F)(F)C(F)(F)C(F)(F)F)[c-]s1.[Li+]. The topological polar surface area (TPSA) is 0 Å². The molecule has 0 radical (unpaired) electrons. The quantitative estimate of drug-likeness (QED) is 0.0732. The van der Waals surface area contributed by atoms with Crippen molar-refractivity contribution in [3.8, 4) is 9.75 Å². The maximum absolute atomic E-state index is 14.7. The summed E-state index contributed by atoms with van der Waals surface area (Å²) in [6.07, 6.45) is -2.43. The van der Waals surface area contributed by atoms with E-state index < -0.39 is 53.2 Å². The van der Waals surface area contributed by atoms with Crippen molar-refractivity contribution in [3.05, 3.63) is 32.4 Å². The zero-order chi connectivity index (χ0) is 34.4. The summed E-state index contributed by atoms with van der Waals surface area (Å²) in [6, 6.07) is 1.59. The molecule has 0 bridgehead atoms. The first-order valence-electron chi connectivity index (χ1n) is 12.2. The molecule has 0 fully saturated rings. The van der Waals surface area contributed by atoms with Crippen LogP contribution < -0.4 is 18.9 Å². The predicted octanol–water partition coefficient (Wildman–Crippen LogP) is 9.41. The summed E-state index contributed by atoms with van der Waals surface area (Å²) < 4.78 is 232. The van der Waals surface area contributed by atoms with E-state index in [1.165, 1.54) is 11.4 Å². The molecule has 254 valence electrons. The van der Waals surface area contributed by atoms with Gasteiger partial charge in [0.05, 0.1) is 3.79 Å². The third-order valence-electron chi connectivity index (χ3n) is 6.41. The number of alkyl halides is 17. The number of hydrogen-bond acceptors (Lipinski definition) is 2. The molecule has 0 nitrogen and oxygen atoms in total. The molecule has 0 atom stereocenters. The van der Waals surface area contributed by atoms with Gasteiger partial charge in [-0.25, -0.2) is 0 Å². The molecule has 2 rings (SSSR count). The van der Waals surface area contributed by atoms with Gasteiger partial charge in [0, 0.05) is 0 Å². The molecule has 0 aliphatic rings. The molecule has 0 unspecified atom stereocenters. The van der Waals surface area contributed by atoms with Gasteiger partial charge in [0.15, 0.2) is 0 Å². The number of halogens is 18. The summed E-state index contributed by atoms with van der Waals surface area (Å²) >= 11 is 4.05. The largest absolute Gasteiger partial charge is 1.00 e. The number of unbranched alkanes of at least 4 members (excludes halogenated alkanes) is 5. The van der Waals surface area contributed by atoms with Crippen LogP contribution in [0.3, 0.4) is 0 Å². The summed E-state index contributed by atoms with van der Waals surface area (Å²) in [5, 5.41) is 1.43. The van der Waals surface area contributed by atoms with Crippen LogP contribution in [0.1, 0.15) is 56.6 Å². The molecule has 0 aromatic carbocycles. The zero-order valence-electron chi connectivity index (χ0n) is 22.7.